The summed E-state index contributed by atoms with van der Waals surface area (Å²) in [5.74, 6) is -2.00. The van der Waals surface area contributed by atoms with Crippen LogP contribution in [0.1, 0.15) is 59.7 Å². The lowest BCUT2D eigenvalue weighted by Gasteiger charge is -2.28. The van der Waals surface area contributed by atoms with E-state index in [0.29, 0.717) is 12.2 Å². The van der Waals surface area contributed by atoms with Gasteiger partial charge in [0, 0.05) is 18.7 Å². The maximum Gasteiger partial charge on any atom is 0.264 e. The second kappa shape index (κ2) is 9.15. The van der Waals surface area contributed by atoms with E-state index in [0.717, 1.165) is 37.3 Å². The van der Waals surface area contributed by atoms with Crippen molar-refractivity contribution in [2.24, 2.45) is 0 Å². The number of anilines is 1. The third-order valence-corrected chi connectivity index (χ3v) is 6.05. The molecular weight excluding hydrogens is 400 g/mol. The standard InChI is InChI=1S/C22H28N4O5/c1-13(31-14-8-10-23-11-9-14)7-12-24-16-4-2-3-15-19(16)22(30)26(21(15)29)17-5-6-18(27)25-20(17)28/h2-4,13-14,17,23-24H,5-12H2,1H3,(H,25,27,28)/t13-,17?/m0/s1. The van der Waals surface area contributed by atoms with Gasteiger partial charge in [-0.15, -0.1) is 0 Å². The number of carbonyl (C=O) groups excluding carboxylic acids is 4. The molecule has 1 aromatic carbocycles. The van der Waals surface area contributed by atoms with Gasteiger partial charge in [-0.05, 0) is 57.8 Å². The van der Waals surface area contributed by atoms with E-state index in [2.05, 4.69) is 16.0 Å². The van der Waals surface area contributed by atoms with Crippen LogP contribution in [0, 0.1) is 0 Å². The number of ether oxygens (including phenoxy) is 1. The van der Waals surface area contributed by atoms with Crippen LogP contribution in [0.3, 0.4) is 0 Å². The predicted molar refractivity (Wildman–Crippen MR) is 113 cm³/mol. The molecule has 0 bridgehead atoms. The molecule has 2 atom stereocenters. The fraction of sp³-hybridized carbons (Fsp3) is 0.545. The highest BCUT2D eigenvalue weighted by Crippen LogP contribution is 2.32. The molecule has 0 radical (unpaired) electrons. The molecule has 166 valence electrons. The number of hydrogen-bond acceptors (Lipinski definition) is 7. The minimum Gasteiger partial charge on any atom is -0.384 e. The monoisotopic (exact) mass is 428 g/mol. The summed E-state index contributed by atoms with van der Waals surface area (Å²) in [4.78, 5) is 50.6. The molecule has 4 amide bonds. The Morgan fingerprint density at radius 1 is 1.13 bits per heavy atom. The molecule has 3 aliphatic heterocycles. The van der Waals surface area contributed by atoms with Gasteiger partial charge in [-0.25, -0.2) is 0 Å². The Balaban J connectivity index is 1.40. The van der Waals surface area contributed by atoms with Crippen LogP contribution < -0.4 is 16.0 Å². The molecule has 0 aromatic heterocycles. The molecular formula is C22H28N4O5. The van der Waals surface area contributed by atoms with E-state index in [-0.39, 0.29) is 42.1 Å². The fourth-order valence-corrected chi connectivity index (χ4v) is 4.40. The number of imide groups is 2. The molecule has 31 heavy (non-hydrogen) atoms. The molecule has 9 nitrogen and oxygen atoms in total. The van der Waals surface area contributed by atoms with Crippen molar-refractivity contribution in [3.8, 4) is 0 Å². The van der Waals surface area contributed by atoms with Crippen LogP contribution in [0.25, 0.3) is 0 Å². The fourth-order valence-electron chi connectivity index (χ4n) is 4.40. The van der Waals surface area contributed by atoms with Gasteiger partial charge in [0.1, 0.15) is 6.04 Å². The third kappa shape index (κ3) is 4.47. The van der Waals surface area contributed by atoms with Gasteiger partial charge in [0.2, 0.25) is 11.8 Å². The van der Waals surface area contributed by atoms with Gasteiger partial charge in [-0.3, -0.25) is 29.4 Å². The maximum atomic E-state index is 13.1. The number of fused-ring (bicyclic) bond motifs is 1. The summed E-state index contributed by atoms with van der Waals surface area (Å²) in [5.41, 5.74) is 1.13. The molecule has 2 fully saturated rings. The van der Waals surface area contributed by atoms with E-state index in [1.807, 2.05) is 6.92 Å². The molecule has 0 saturated carbocycles. The number of rotatable bonds is 7. The SMILES string of the molecule is C[C@@H](CCNc1cccc2c1C(=O)N(C1CCC(=O)NC1=O)C2=O)OC1CCNCC1. The summed E-state index contributed by atoms with van der Waals surface area (Å²) in [6, 6.07) is 4.11. The molecule has 3 heterocycles. The van der Waals surface area contributed by atoms with Gasteiger partial charge >= 0.3 is 0 Å². The van der Waals surface area contributed by atoms with Crippen LogP contribution in [-0.2, 0) is 14.3 Å². The highest BCUT2D eigenvalue weighted by molar-refractivity contribution is 6.25. The number of amides is 4. The summed E-state index contributed by atoms with van der Waals surface area (Å²) in [5, 5.41) is 8.79. The zero-order chi connectivity index (χ0) is 22.0. The first-order valence-electron chi connectivity index (χ1n) is 10.9. The first-order valence-corrected chi connectivity index (χ1v) is 10.9. The van der Waals surface area contributed by atoms with Crippen molar-refractivity contribution < 1.29 is 23.9 Å². The van der Waals surface area contributed by atoms with Gasteiger partial charge in [-0.2, -0.15) is 0 Å². The predicted octanol–water partition coefficient (Wildman–Crippen LogP) is 1.05. The molecule has 0 aliphatic carbocycles. The lowest BCUT2D eigenvalue weighted by atomic mass is 10.0. The molecule has 1 aromatic rings. The van der Waals surface area contributed by atoms with Crippen molar-refractivity contribution in [3.05, 3.63) is 29.3 Å². The Morgan fingerprint density at radius 2 is 1.90 bits per heavy atom. The van der Waals surface area contributed by atoms with Gasteiger partial charge in [0.25, 0.3) is 11.8 Å². The Morgan fingerprint density at radius 3 is 2.65 bits per heavy atom. The number of piperidine rings is 2. The van der Waals surface area contributed by atoms with Crippen LogP contribution in [0.2, 0.25) is 0 Å². The number of nitrogens with one attached hydrogen (secondary N) is 3. The van der Waals surface area contributed by atoms with Crippen molar-refractivity contribution in [2.75, 3.05) is 25.0 Å². The minimum atomic E-state index is -0.962. The Labute approximate surface area is 180 Å². The van der Waals surface area contributed by atoms with Crippen LogP contribution >= 0.6 is 0 Å². The number of benzene rings is 1. The van der Waals surface area contributed by atoms with Crippen LogP contribution in [0.5, 0.6) is 0 Å². The highest BCUT2D eigenvalue weighted by atomic mass is 16.5. The first kappa shape index (κ1) is 21.5. The zero-order valence-corrected chi connectivity index (χ0v) is 17.6. The highest BCUT2D eigenvalue weighted by Gasteiger charge is 2.45. The average Bonchev–Trinajstić information content (AvgIpc) is 3.00. The summed E-state index contributed by atoms with van der Waals surface area (Å²) in [6.07, 6.45) is 3.37. The van der Waals surface area contributed by atoms with Gasteiger partial charge in [0.15, 0.2) is 0 Å². The van der Waals surface area contributed by atoms with E-state index in [9.17, 15) is 19.2 Å². The third-order valence-electron chi connectivity index (χ3n) is 6.05. The largest absolute Gasteiger partial charge is 0.384 e. The Kier molecular flexibility index (Phi) is 6.33. The summed E-state index contributed by atoms with van der Waals surface area (Å²) in [6.45, 7) is 4.58. The lowest BCUT2D eigenvalue weighted by molar-refractivity contribution is -0.136. The summed E-state index contributed by atoms with van der Waals surface area (Å²) < 4.78 is 6.10. The van der Waals surface area contributed by atoms with Crippen molar-refractivity contribution >= 4 is 29.3 Å². The molecule has 9 heteroatoms. The topological polar surface area (TPSA) is 117 Å². The Bertz CT molecular complexity index is 896. The summed E-state index contributed by atoms with van der Waals surface area (Å²) in [7, 11) is 0. The molecule has 3 N–H and O–H groups in total. The normalized spacial score (nSPS) is 23.0. The van der Waals surface area contributed by atoms with Gasteiger partial charge in [-0.1, -0.05) is 6.07 Å². The average molecular weight is 428 g/mol. The van der Waals surface area contributed by atoms with Crippen LogP contribution in [0.15, 0.2) is 18.2 Å². The number of carbonyl (C=O) groups is 4. The van der Waals surface area contributed by atoms with E-state index >= 15 is 0 Å². The second-order valence-corrected chi connectivity index (χ2v) is 8.29. The second-order valence-electron chi connectivity index (χ2n) is 8.29. The van der Waals surface area contributed by atoms with Gasteiger partial charge < -0.3 is 15.4 Å². The van der Waals surface area contributed by atoms with Gasteiger partial charge in [0.05, 0.1) is 23.3 Å². The van der Waals surface area contributed by atoms with Crippen LogP contribution in [-0.4, -0.2) is 66.4 Å². The lowest BCUT2D eigenvalue weighted by Crippen LogP contribution is -2.54. The van der Waals surface area contributed by atoms with E-state index in [4.69, 9.17) is 4.74 Å². The molecule has 2 saturated heterocycles. The minimum absolute atomic E-state index is 0.0738. The van der Waals surface area contributed by atoms with Crippen molar-refractivity contribution in [1.82, 2.24) is 15.5 Å². The maximum absolute atomic E-state index is 13.1. The number of nitrogens with zero attached hydrogens (tertiary/aromatic N) is 1. The van der Waals surface area contributed by atoms with E-state index in [1.54, 1.807) is 18.2 Å². The van der Waals surface area contributed by atoms with E-state index in [1.165, 1.54) is 0 Å². The quantitative estimate of drug-likeness (QED) is 0.556. The van der Waals surface area contributed by atoms with Crippen molar-refractivity contribution in [1.29, 1.82) is 0 Å². The van der Waals surface area contributed by atoms with Crippen LogP contribution in [0.4, 0.5) is 5.69 Å². The van der Waals surface area contributed by atoms with E-state index < -0.39 is 23.8 Å². The molecule has 0 spiro atoms. The first-order chi connectivity index (χ1) is 15.0. The Hall–Kier alpha value is -2.78. The zero-order valence-electron chi connectivity index (χ0n) is 17.6. The summed E-state index contributed by atoms with van der Waals surface area (Å²) >= 11 is 0. The smallest absolute Gasteiger partial charge is 0.264 e. The molecule has 1 unspecified atom stereocenters. The van der Waals surface area contributed by atoms with Crippen molar-refractivity contribution in [2.45, 2.75) is 57.3 Å². The number of hydrogen-bond donors (Lipinski definition) is 3. The molecule has 4 rings (SSSR count). The van der Waals surface area contributed by atoms with Crippen molar-refractivity contribution in [3.63, 3.8) is 0 Å². The molecule has 3 aliphatic rings.